The van der Waals surface area contributed by atoms with Gasteiger partial charge in [0.25, 0.3) is 5.56 Å². The summed E-state index contributed by atoms with van der Waals surface area (Å²) in [6, 6.07) is 12.2. The van der Waals surface area contributed by atoms with Gasteiger partial charge in [-0.2, -0.15) is 0 Å². The van der Waals surface area contributed by atoms with Gasteiger partial charge >= 0.3 is 0 Å². The molecular weight excluding hydrogens is 256 g/mol. The van der Waals surface area contributed by atoms with Crippen molar-refractivity contribution in [1.29, 1.82) is 0 Å². The molecule has 0 spiro atoms. The minimum Gasteiger partial charge on any atom is -0.380 e. The van der Waals surface area contributed by atoms with Crippen LogP contribution < -0.4 is 10.9 Å². The lowest BCUT2D eigenvalue weighted by molar-refractivity contribution is -0.116. The highest BCUT2D eigenvalue weighted by molar-refractivity contribution is 5.90. The fraction of sp³-hybridized carbons (Fsp3) is 0.200. The van der Waals surface area contributed by atoms with Crippen LogP contribution in [0.3, 0.4) is 0 Å². The third-order valence-electron chi connectivity index (χ3n) is 2.73. The number of amides is 1. The third-order valence-corrected chi connectivity index (χ3v) is 2.73. The highest BCUT2D eigenvalue weighted by Gasteiger charge is 2.05. The van der Waals surface area contributed by atoms with E-state index in [0.29, 0.717) is 12.3 Å². The summed E-state index contributed by atoms with van der Waals surface area (Å²) in [5.74, 6) is -0.243. The Bertz CT molecular complexity index is 649. The van der Waals surface area contributed by atoms with E-state index >= 15 is 0 Å². The van der Waals surface area contributed by atoms with Crippen molar-refractivity contribution in [3.63, 3.8) is 0 Å². The molecule has 1 heterocycles. The molecule has 1 N–H and O–H groups in total. The number of carbonyl (C=O) groups is 1. The summed E-state index contributed by atoms with van der Waals surface area (Å²) in [5, 5.41) is 2.76. The maximum Gasteiger partial charge on any atom is 0.250 e. The van der Waals surface area contributed by atoms with Gasteiger partial charge in [-0.15, -0.1) is 0 Å². The van der Waals surface area contributed by atoms with Crippen molar-refractivity contribution in [2.24, 2.45) is 0 Å². The van der Waals surface area contributed by atoms with Gasteiger partial charge in [0.15, 0.2) is 0 Å². The molecule has 1 aromatic heterocycles. The predicted molar refractivity (Wildman–Crippen MR) is 76.5 cm³/mol. The summed E-state index contributed by atoms with van der Waals surface area (Å²) in [7, 11) is 1.62. The lowest BCUT2D eigenvalue weighted by Gasteiger charge is -2.08. The van der Waals surface area contributed by atoms with Crippen molar-refractivity contribution in [1.82, 2.24) is 4.57 Å². The quantitative estimate of drug-likeness (QED) is 0.900. The highest BCUT2D eigenvalue weighted by atomic mass is 16.5. The normalized spacial score (nSPS) is 10.2. The van der Waals surface area contributed by atoms with Gasteiger partial charge in [-0.25, -0.2) is 0 Å². The van der Waals surface area contributed by atoms with E-state index in [0.717, 1.165) is 5.56 Å². The zero-order valence-corrected chi connectivity index (χ0v) is 11.2. The van der Waals surface area contributed by atoms with E-state index in [1.807, 2.05) is 18.2 Å². The Morgan fingerprint density at radius 2 is 2.10 bits per heavy atom. The van der Waals surface area contributed by atoms with Crippen molar-refractivity contribution in [3.8, 4) is 0 Å². The second-order valence-electron chi connectivity index (χ2n) is 4.35. The number of carbonyl (C=O) groups excluding carboxylic acids is 1. The number of nitrogens with zero attached hydrogens (tertiary/aromatic N) is 1. The van der Waals surface area contributed by atoms with Gasteiger partial charge in [0.2, 0.25) is 5.91 Å². The molecule has 0 aliphatic heterocycles. The highest BCUT2D eigenvalue weighted by Crippen LogP contribution is 2.11. The molecule has 0 bridgehead atoms. The van der Waals surface area contributed by atoms with Crippen LogP contribution in [0.4, 0.5) is 5.69 Å². The van der Waals surface area contributed by atoms with Crippen LogP contribution in [0, 0.1) is 0 Å². The molecule has 0 fully saturated rings. The standard InChI is InChI=1S/C15H16N2O3/c1-20-11-12-5-4-6-13(9-12)16-14(18)10-17-8-3-2-7-15(17)19/h2-9H,10-11H2,1H3,(H,16,18). The Balaban J connectivity index is 2.03. The first-order valence-corrected chi connectivity index (χ1v) is 6.22. The maximum absolute atomic E-state index is 11.9. The maximum atomic E-state index is 11.9. The first-order chi connectivity index (χ1) is 9.69. The summed E-state index contributed by atoms with van der Waals surface area (Å²) in [6.45, 7) is 0.482. The number of ether oxygens (including phenoxy) is 1. The first kappa shape index (κ1) is 14.0. The van der Waals surface area contributed by atoms with Gasteiger partial charge in [0.1, 0.15) is 6.54 Å². The minimum atomic E-state index is -0.243. The van der Waals surface area contributed by atoms with Crippen LogP contribution in [0.15, 0.2) is 53.5 Å². The molecule has 0 aliphatic carbocycles. The second kappa shape index (κ2) is 6.68. The van der Waals surface area contributed by atoms with Crippen LogP contribution in [0.25, 0.3) is 0 Å². The number of hydrogen-bond acceptors (Lipinski definition) is 3. The Morgan fingerprint density at radius 3 is 2.85 bits per heavy atom. The van der Waals surface area contributed by atoms with Gasteiger partial charge in [-0.05, 0) is 23.8 Å². The largest absolute Gasteiger partial charge is 0.380 e. The zero-order chi connectivity index (χ0) is 14.4. The Kier molecular flexibility index (Phi) is 4.68. The summed E-state index contributed by atoms with van der Waals surface area (Å²) >= 11 is 0. The molecule has 1 amide bonds. The SMILES string of the molecule is COCc1cccc(NC(=O)Cn2ccccc2=O)c1. The van der Waals surface area contributed by atoms with E-state index < -0.39 is 0 Å². The van der Waals surface area contributed by atoms with E-state index in [9.17, 15) is 9.59 Å². The molecule has 0 saturated heterocycles. The van der Waals surface area contributed by atoms with E-state index in [1.54, 1.807) is 31.5 Å². The van der Waals surface area contributed by atoms with Crippen molar-refractivity contribution in [2.45, 2.75) is 13.2 Å². The average Bonchev–Trinajstić information content (AvgIpc) is 2.42. The zero-order valence-electron chi connectivity index (χ0n) is 11.2. The van der Waals surface area contributed by atoms with Crippen LogP contribution in [-0.4, -0.2) is 17.6 Å². The number of anilines is 1. The van der Waals surface area contributed by atoms with Gasteiger partial charge in [0.05, 0.1) is 6.61 Å². The summed E-state index contributed by atoms with van der Waals surface area (Å²) in [5.41, 5.74) is 1.46. The molecule has 0 saturated carbocycles. The van der Waals surface area contributed by atoms with Crippen LogP contribution in [-0.2, 0) is 22.7 Å². The number of benzene rings is 1. The van der Waals surface area contributed by atoms with Crippen molar-refractivity contribution >= 4 is 11.6 Å². The predicted octanol–water partition coefficient (Wildman–Crippen LogP) is 1.63. The van der Waals surface area contributed by atoms with Gasteiger partial charge < -0.3 is 14.6 Å². The molecule has 5 nitrogen and oxygen atoms in total. The monoisotopic (exact) mass is 272 g/mol. The fourth-order valence-corrected chi connectivity index (χ4v) is 1.85. The molecule has 5 heteroatoms. The summed E-state index contributed by atoms with van der Waals surface area (Å²) < 4.78 is 6.40. The molecule has 2 rings (SSSR count). The number of rotatable bonds is 5. The topological polar surface area (TPSA) is 60.3 Å². The first-order valence-electron chi connectivity index (χ1n) is 6.22. The summed E-state index contributed by atoms with van der Waals surface area (Å²) in [4.78, 5) is 23.4. The molecule has 0 atom stereocenters. The Morgan fingerprint density at radius 1 is 1.25 bits per heavy atom. The molecule has 1 aromatic carbocycles. The van der Waals surface area contributed by atoms with Crippen LogP contribution in [0.1, 0.15) is 5.56 Å². The van der Waals surface area contributed by atoms with E-state index in [-0.39, 0.29) is 18.0 Å². The van der Waals surface area contributed by atoms with Gasteiger partial charge in [0, 0.05) is 25.1 Å². The second-order valence-corrected chi connectivity index (χ2v) is 4.35. The molecule has 104 valence electrons. The molecule has 0 radical (unpaired) electrons. The molecule has 0 aliphatic rings. The number of pyridine rings is 1. The number of aromatic nitrogens is 1. The number of nitrogens with one attached hydrogen (secondary N) is 1. The Labute approximate surface area is 116 Å². The molecule has 0 unspecified atom stereocenters. The van der Waals surface area contributed by atoms with E-state index in [4.69, 9.17) is 4.74 Å². The average molecular weight is 272 g/mol. The molecular formula is C15H16N2O3. The molecule has 20 heavy (non-hydrogen) atoms. The van der Waals surface area contributed by atoms with Crippen molar-refractivity contribution in [3.05, 3.63) is 64.6 Å². The number of hydrogen-bond donors (Lipinski definition) is 1. The minimum absolute atomic E-state index is 0.00578. The van der Waals surface area contributed by atoms with Crippen molar-refractivity contribution in [2.75, 3.05) is 12.4 Å². The van der Waals surface area contributed by atoms with Crippen molar-refractivity contribution < 1.29 is 9.53 Å². The number of methoxy groups -OCH3 is 1. The van der Waals surface area contributed by atoms with Crippen LogP contribution in [0.2, 0.25) is 0 Å². The van der Waals surface area contributed by atoms with Gasteiger partial charge in [-0.3, -0.25) is 9.59 Å². The van der Waals surface area contributed by atoms with E-state index in [2.05, 4.69) is 5.32 Å². The Hall–Kier alpha value is -2.40. The lowest BCUT2D eigenvalue weighted by Crippen LogP contribution is -2.26. The van der Waals surface area contributed by atoms with Crippen LogP contribution >= 0.6 is 0 Å². The van der Waals surface area contributed by atoms with E-state index in [1.165, 1.54) is 10.6 Å². The third kappa shape index (κ3) is 3.80. The fourth-order valence-electron chi connectivity index (χ4n) is 1.85. The summed E-state index contributed by atoms with van der Waals surface area (Å²) in [6.07, 6.45) is 1.59. The van der Waals surface area contributed by atoms with Crippen LogP contribution in [0.5, 0.6) is 0 Å². The van der Waals surface area contributed by atoms with Gasteiger partial charge in [-0.1, -0.05) is 18.2 Å². The molecule has 2 aromatic rings. The smallest absolute Gasteiger partial charge is 0.250 e. The lowest BCUT2D eigenvalue weighted by atomic mass is 10.2.